The zero-order valence-corrected chi connectivity index (χ0v) is 7.92. The van der Waals surface area contributed by atoms with Gasteiger partial charge in [-0.3, -0.25) is 4.79 Å². The van der Waals surface area contributed by atoms with Crippen LogP contribution in [0.3, 0.4) is 0 Å². The summed E-state index contributed by atoms with van der Waals surface area (Å²) in [6, 6.07) is 0. The highest BCUT2D eigenvalue weighted by atomic mass is 16.4. The number of carboxylic acid groups (broad SMARTS) is 1. The van der Waals surface area contributed by atoms with Crippen molar-refractivity contribution in [1.82, 2.24) is 0 Å². The first kappa shape index (κ1) is 9.30. The van der Waals surface area contributed by atoms with Crippen molar-refractivity contribution in [2.45, 2.75) is 33.6 Å². The molecule has 68 valence electrons. The third kappa shape index (κ3) is 1.38. The molecule has 0 saturated carbocycles. The van der Waals surface area contributed by atoms with Crippen LogP contribution in [0.25, 0.3) is 0 Å². The molecule has 0 aromatic rings. The summed E-state index contributed by atoms with van der Waals surface area (Å²) in [5.74, 6) is -0.229. The summed E-state index contributed by atoms with van der Waals surface area (Å²) in [5.41, 5.74) is 1.13. The Hall–Kier alpha value is -0.790. The van der Waals surface area contributed by atoms with E-state index >= 15 is 0 Å². The maximum atomic E-state index is 10.6. The van der Waals surface area contributed by atoms with Crippen LogP contribution in [0.5, 0.6) is 0 Å². The van der Waals surface area contributed by atoms with Crippen LogP contribution in [0.4, 0.5) is 0 Å². The molecule has 0 saturated heterocycles. The van der Waals surface area contributed by atoms with E-state index in [1.807, 2.05) is 13.8 Å². The molecule has 1 rings (SSSR count). The Kier molecular flexibility index (Phi) is 2.27. The second-order valence-electron chi connectivity index (χ2n) is 4.01. The fraction of sp³-hybridized carbons (Fsp3) is 0.700. The number of rotatable bonds is 2. The topological polar surface area (TPSA) is 37.3 Å². The highest BCUT2D eigenvalue weighted by Crippen LogP contribution is 2.45. The summed E-state index contributed by atoms with van der Waals surface area (Å²) >= 11 is 0. The minimum atomic E-state index is -0.695. The first-order chi connectivity index (χ1) is 5.47. The molecule has 2 atom stereocenters. The van der Waals surface area contributed by atoms with E-state index in [2.05, 4.69) is 13.0 Å². The summed E-state index contributed by atoms with van der Waals surface area (Å²) in [7, 11) is 0. The third-order valence-corrected chi connectivity index (χ3v) is 3.28. The Morgan fingerprint density at radius 3 is 2.75 bits per heavy atom. The minimum Gasteiger partial charge on any atom is -0.481 e. The van der Waals surface area contributed by atoms with Gasteiger partial charge < -0.3 is 5.11 Å². The van der Waals surface area contributed by atoms with E-state index in [-0.39, 0.29) is 11.8 Å². The molecule has 0 spiro atoms. The van der Waals surface area contributed by atoms with Gasteiger partial charge in [0, 0.05) is 5.41 Å². The molecule has 0 fully saturated rings. The van der Waals surface area contributed by atoms with Crippen molar-refractivity contribution < 1.29 is 9.90 Å². The second kappa shape index (κ2) is 2.92. The largest absolute Gasteiger partial charge is 0.481 e. The van der Waals surface area contributed by atoms with Gasteiger partial charge in [0.1, 0.15) is 0 Å². The molecule has 1 N–H and O–H groups in total. The molecule has 0 bridgehead atoms. The van der Waals surface area contributed by atoms with Crippen molar-refractivity contribution in [2.75, 3.05) is 0 Å². The van der Waals surface area contributed by atoms with Crippen molar-refractivity contribution in [2.24, 2.45) is 11.3 Å². The summed E-state index contributed by atoms with van der Waals surface area (Å²) in [5, 5.41) is 8.75. The van der Waals surface area contributed by atoms with Crippen LogP contribution in [0.15, 0.2) is 11.6 Å². The molecular weight excluding hydrogens is 152 g/mol. The highest BCUT2D eigenvalue weighted by Gasteiger charge is 2.38. The Morgan fingerprint density at radius 2 is 2.42 bits per heavy atom. The molecule has 0 aromatic carbocycles. The van der Waals surface area contributed by atoms with Gasteiger partial charge in [-0.05, 0) is 19.3 Å². The lowest BCUT2D eigenvalue weighted by Crippen LogP contribution is -2.25. The SMILES string of the molecule is CC1=CCC(C)C1(C)CC(=O)O. The summed E-state index contributed by atoms with van der Waals surface area (Å²) < 4.78 is 0. The van der Waals surface area contributed by atoms with E-state index in [4.69, 9.17) is 5.11 Å². The van der Waals surface area contributed by atoms with Gasteiger partial charge in [0.05, 0.1) is 6.42 Å². The lowest BCUT2D eigenvalue weighted by atomic mass is 9.74. The molecule has 1 aliphatic carbocycles. The van der Waals surface area contributed by atoms with Gasteiger partial charge in [-0.2, -0.15) is 0 Å². The lowest BCUT2D eigenvalue weighted by Gasteiger charge is -2.29. The summed E-state index contributed by atoms with van der Waals surface area (Å²) in [4.78, 5) is 10.6. The second-order valence-corrected chi connectivity index (χ2v) is 4.01. The average Bonchev–Trinajstić information content (AvgIpc) is 2.16. The van der Waals surface area contributed by atoms with Gasteiger partial charge >= 0.3 is 5.97 Å². The zero-order chi connectivity index (χ0) is 9.35. The molecule has 1 aliphatic rings. The average molecular weight is 168 g/mol. The predicted octanol–water partition coefficient (Wildman–Crippen LogP) is 2.45. The van der Waals surface area contributed by atoms with Crippen LogP contribution >= 0.6 is 0 Å². The molecule has 0 aromatic heterocycles. The predicted molar refractivity (Wildman–Crippen MR) is 47.9 cm³/mol. The van der Waals surface area contributed by atoms with E-state index in [0.29, 0.717) is 5.92 Å². The Balaban J connectivity index is 2.80. The Morgan fingerprint density at radius 1 is 1.83 bits per heavy atom. The minimum absolute atomic E-state index is 0.105. The number of carbonyl (C=O) groups is 1. The van der Waals surface area contributed by atoms with Crippen LogP contribution < -0.4 is 0 Å². The normalized spacial score (nSPS) is 34.9. The van der Waals surface area contributed by atoms with Crippen molar-refractivity contribution in [3.63, 3.8) is 0 Å². The number of aliphatic carboxylic acids is 1. The van der Waals surface area contributed by atoms with Crippen molar-refractivity contribution in [1.29, 1.82) is 0 Å². The molecule has 12 heavy (non-hydrogen) atoms. The first-order valence-electron chi connectivity index (χ1n) is 4.36. The molecule has 0 amide bonds. The van der Waals surface area contributed by atoms with Crippen LogP contribution in [-0.4, -0.2) is 11.1 Å². The number of hydrogen-bond acceptors (Lipinski definition) is 1. The molecule has 2 heteroatoms. The smallest absolute Gasteiger partial charge is 0.304 e. The van der Waals surface area contributed by atoms with Gasteiger partial charge in [-0.1, -0.05) is 25.5 Å². The molecule has 2 unspecified atom stereocenters. The standard InChI is InChI=1S/C10H16O2/c1-7-4-5-8(2)10(7,3)6-9(11)12/h4,8H,5-6H2,1-3H3,(H,11,12). The fourth-order valence-corrected chi connectivity index (χ4v) is 1.86. The Labute approximate surface area is 73.3 Å². The quantitative estimate of drug-likeness (QED) is 0.643. The van der Waals surface area contributed by atoms with Crippen LogP contribution in [0.2, 0.25) is 0 Å². The maximum Gasteiger partial charge on any atom is 0.304 e. The zero-order valence-electron chi connectivity index (χ0n) is 7.92. The van der Waals surface area contributed by atoms with Gasteiger partial charge in [-0.25, -0.2) is 0 Å². The molecule has 0 heterocycles. The van der Waals surface area contributed by atoms with Gasteiger partial charge in [0.15, 0.2) is 0 Å². The van der Waals surface area contributed by atoms with Gasteiger partial charge in [0.25, 0.3) is 0 Å². The van der Waals surface area contributed by atoms with E-state index in [9.17, 15) is 4.79 Å². The highest BCUT2D eigenvalue weighted by molar-refractivity contribution is 5.68. The van der Waals surface area contributed by atoms with E-state index in [1.54, 1.807) is 0 Å². The van der Waals surface area contributed by atoms with Crippen molar-refractivity contribution in [3.05, 3.63) is 11.6 Å². The van der Waals surface area contributed by atoms with Crippen molar-refractivity contribution >= 4 is 5.97 Å². The fourth-order valence-electron chi connectivity index (χ4n) is 1.86. The van der Waals surface area contributed by atoms with E-state index in [1.165, 1.54) is 5.57 Å². The van der Waals surface area contributed by atoms with E-state index < -0.39 is 5.97 Å². The summed E-state index contributed by atoms with van der Waals surface area (Å²) in [6.07, 6.45) is 3.44. The van der Waals surface area contributed by atoms with Crippen molar-refractivity contribution in [3.8, 4) is 0 Å². The number of hydrogen-bond donors (Lipinski definition) is 1. The molecule has 0 aliphatic heterocycles. The van der Waals surface area contributed by atoms with Gasteiger partial charge in [0.2, 0.25) is 0 Å². The lowest BCUT2D eigenvalue weighted by molar-refractivity contribution is -0.139. The van der Waals surface area contributed by atoms with Gasteiger partial charge in [-0.15, -0.1) is 0 Å². The first-order valence-corrected chi connectivity index (χ1v) is 4.36. The molecular formula is C10H16O2. The summed E-state index contributed by atoms with van der Waals surface area (Å²) in [6.45, 7) is 6.20. The van der Waals surface area contributed by atoms with Crippen LogP contribution in [0, 0.1) is 11.3 Å². The molecule has 0 radical (unpaired) electrons. The number of carboxylic acids is 1. The third-order valence-electron chi connectivity index (χ3n) is 3.28. The van der Waals surface area contributed by atoms with Crippen LogP contribution in [-0.2, 0) is 4.79 Å². The maximum absolute atomic E-state index is 10.6. The monoisotopic (exact) mass is 168 g/mol. The number of allylic oxidation sites excluding steroid dienone is 2. The van der Waals surface area contributed by atoms with E-state index in [0.717, 1.165) is 6.42 Å². The Bertz CT molecular complexity index is 230. The molecule has 2 nitrogen and oxygen atoms in total. The van der Waals surface area contributed by atoms with Crippen LogP contribution in [0.1, 0.15) is 33.6 Å².